The van der Waals surface area contributed by atoms with Crippen molar-refractivity contribution in [2.75, 3.05) is 31.6 Å². The second-order valence-corrected chi connectivity index (χ2v) is 8.53. The highest BCUT2D eigenvalue weighted by molar-refractivity contribution is 7.90. The first-order chi connectivity index (χ1) is 12.2. The van der Waals surface area contributed by atoms with E-state index in [1.165, 1.54) is 12.5 Å². The summed E-state index contributed by atoms with van der Waals surface area (Å²) in [5.41, 5.74) is 0.808. The number of amides is 1. The smallest absolute Gasteiger partial charge is 0.287 e. The number of carbonyl (C=O) groups is 1. The van der Waals surface area contributed by atoms with Gasteiger partial charge in [-0.1, -0.05) is 0 Å². The topological polar surface area (TPSA) is 113 Å². The summed E-state index contributed by atoms with van der Waals surface area (Å²) in [4.78, 5) is 16.4. The SMILES string of the molecule is CCNC(=NCCCNC(=O)c1occc1C)NC(C)CCS(C)(=O)=O. The van der Waals surface area contributed by atoms with Crippen LogP contribution in [0.15, 0.2) is 21.7 Å². The number of nitrogens with one attached hydrogen (secondary N) is 3. The van der Waals surface area contributed by atoms with E-state index in [1.807, 2.05) is 20.8 Å². The van der Waals surface area contributed by atoms with Crippen LogP contribution < -0.4 is 16.0 Å². The molecule has 0 aliphatic rings. The molecule has 1 atom stereocenters. The van der Waals surface area contributed by atoms with Crippen LogP contribution >= 0.6 is 0 Å². The molecule has 26 heavy (non-hydrogen) atoms. The van der Waals surface area contributed by atoms with E-state index in [9.17, 15) is 13.2 Å². The van der Waals surface area contributed by atoms with Crippen molar-refractivity contribution in [2.24, 2.45) is 4.99 Å². The summed E-state index contributed by atoms with van der Waals surface area (Å²) < 4.78 is 27.6. The predicted octanol–water partition coefficient (Wildman–Crippen LogP) is 1.09. The molecular weight excluding hydrogens is 356 g/mol. The zero-order valence-corrected chi connectivity index (χ0v) is 16.8. The summed E-state index contributed by atoms with van der Waals surface area (Å²) in [5, 5.41) is 9.12. The quantitative estimate of drug-likeness (QED) is 0.315. The van der Waals surface area contributed by atoms with Crippen LogP contribution in [0.25, 0.3) is 0 Å². The van der Waals surface area contributed by atoms with Crippen LogP contribution in [0.3, 0.4) is 0 Å². The Labute approximate surface area is 155 Å². The van der Waals surface area contributed by atoms with E-state index in [-0.39, 0.29) is 17.7 Å². The van der Waals surface area contributed by atoms with Crippen molar-refractivity contribution in [1.29, 1.82) is 0 Å². The Morgan fingerprint density at radius 2 is 2.08 bits per heavy atom. The van der Waals surface area contributed by atoms with Crippen molar-refractivity contribution in [1.82, 2.24) is 16.0 Å². The number of guanidine groups is 1. The highest BCUT2D eigenvalue weighted by Gasteiger charge is 2.11. The summed E-state index contributed by atoms with van der Waals surface area (Å²) in [6.07, 6.45) is 3.92. The first-order valence-electron chi connectivity index (χ1n) is 8.77. The van der Waals surface area contributed by atoms with Gasteiger partial charge in [-0.05, 0) is 39.7 Å². The number of nitrogens with zero attached hydrogens (tertiary/aromatic N) is 1. The lowest BCUT2D eigenvalue weighted by Crippen LogP contribution is -2.43. The maximum Gasteiger partial charge on any atom is 0.287 e. The number of sulfone groups is 1. The van der Waals surface area contributed by atoms with Crippen molar-refractivity contribution in [3.63, 3.8) is 0 Å². The summed E-state index contributed by atoms with van der Waals surface area (Å²) in [5.74, 6) is 0.888. The fourth-order valence-electron chi connectivity index (χ4n) is 2.17. The predicted molar refractivity (Wildman–Crippen MR) is 103 cm³/mol. The van der Waals surface area contributed by atoms with Crippen molar-refractivity contribution in [3.8, 4) is 0 Å². The van der Waals surface area contributed by atoms with Gasteiger partial charge in [0.05, 0.1) is 12.0 Å². The number of rotatable bonds is 10. The van der Waals surface area contributed by atoms with E-state index >= 15 is 0 Å². The minimum atomic E-state index is -2.97. The van der Waals surface area contributed by atoms with E-state index in [4.69, 9.17) is 4.42 Å². The fourth-order valence-corrected chi connectivity index (χ4v) is 2.96. The van der Waals surface area contributed by atoms with Gasteiger partial charge in [0.25, 0.3) is 5.91 Å². The number of furan rings is 1. The van der Waals surface area contributed by atoms with Gasteiger partial charge in [0.2, 0.25) is 0 Å². The molecule has 0 fully saturated rings. The van der Waals surface area contributed by atoms with E-state index in [0.29, 0.717) is 44.2 Å². The van der Waals surface area contributed by atoms with Crippen LogP contribution in [-0.2, 0) is 9.84 Å². The molecule has 0 saturated carbocycles. The Morgan fingerprint density at radius 1 is 1.35 bits per heavy atom. The van der Waals surface area contributed by atoms with Crippen LogP contribution in [0.1, 0.15) is 42.8 Å². The third-order valence-corrected chi connectivity index (χ3v) is 4.58. The molecule has 1 aromatic rings. The number of aryl methyl sites for hydroxylation is 1. The molecule has 1 unspecified atom stereocenters. The molecule has 0 aliphatic heterocycles. The highest BCUT2D eigenvalue weighted by Crippen LogP contribution is 2.07. The Morgan fingerprint density at radius 3 is 2.65 bits per heavy atom. The molecule has 0 radical (unpaired) electrons. The van der Waals surface area contributed by atoms with Crippen LogP contribution in [0.4, 0.5) is 0 Å². The lowest BCUT2D eigenvalue weighted by molar-refractivity contribution is 0.0925. The largest absolute Gasteiger partial charge is 0.459 e. The Kier molecular flexibility index (Phi) is 9.18. The van der Waals surface area contributed by atoms with Gasteiger partial charge in [0.15, 0.2) is 11.7 Å². The zero-order valence-electron chi connectivity index (χ0n) is 16.0. The molecule has 0 spiro atoms. The minimum Gasteiger partial charge on any atom is -0.459 e. The summed E-state index contributed by atoms with van der Waals surface area (Å²) in [6.45, 7) is 7.44. The second kappa shape index (κ2) is 10.8. The fraction of sp³-hybridized carbons (Fsp3) is 0.647. The maximum atomic E-state index is 11.9. The summed E-state index contributed by atoms with van der Waals surface area (Å²) >= 11 is 0. The molecule has 8 nitrogen and oxygen atoms in total. The number of hydrogen-bond acceptors (Lipinski definition) is 5. The van der Waals surface area contributed by atoms with Crippen LogP contribution in [0.5, 0.6) is 0 Å². The lowest BCUT2D eigenvalue weighted by atomic mass is 10.2. The molecule has 1 aromatic heterocycles. The molecule has 148 valence electrons. The van der Waals surface area contributed by atoms with E-state index in [0.717, 1.165) is 5.56 Å². The molecule has 3 N–H and O–H groups in total. The third kappa shape index (κ3) is 8.89. The minimum absolute atomic E-state index is 0.0100. The van der Waals surface area contributed by atoms with Gasteiger partial charge in [-0.25, -0.2) is 8.42 Å². The van der Waals surface area contributed by atoms with Crippen molar-refractivity contribution < 1.29 is 17.6 Å². The van der Waals surface area contributed by atoms with Crippen LogP contribution in [0, 0.1) is 6.92 Å². The molecule has 1 amide bonds. The third-order valence-electron chi connectivity index (χ3n) is 3.61. The number of carbonyl (C=O) groups excluding carboxylic acids is 1. The Hall–Kier alpha value is -2.03. The van der Waals surface area contributed by atoms with Gasteiger partial charge in [-0.2, -0.15) is 0 Å². The zero-order chi connectivity index (χ0) is 19.6. The maximum absolute atomic E-state index is 11.9. The molecule has 0 saturated heterocycles. The molecule has 0 aliphatic carbocycles. The van der Waals surface area contributed by atoms with E-state index < -0.39 is 9.84 Å². The summed E-state index contributed by atoms with van der Waals surface area (Å²) in [6, 6.07) is 1.74. The Bertz CT molecular complexity index is 697. The summed E-state index contributed by atoms with van der Waals surface area (Å²) in [7, 11) is -2.97. The van der Waals surface area contributed by atoms with Gasteiger partial charge < -0.3 is 20.4 Å². The van der Waals surface area contributed by atoms with Crippen LogP contribution in [-0.4, -0.2) is 58.0 Å². The van der Waals surface area contributed by atoms with Crippen molar-refractivity contribution in [3.05, 3.63) is 23.7 Å². The molecular formula is C17H30N4O4S. The second-order valence-electron chi connectivity index (χ2n) is 6.27. The monoisotopic (exact) mass is 386 g/mol. The van der Waals surface area contributed by atoms with E-state index in [2.05, 4.69) is 20.9 Å². The number of hydrogen-bond donors (Lipinski definition) is 3. The molecule has 1 rings (SSSR count). The van der Waals surface area contributed by atoms with Crippen molar-refractivity contribution in [2.45, 2.75) is 39.7 Å². The highest BCUT2D eigenvalue weighted by atomic mass is 32.2. The first-order valence-corrected chi connectivity index (χ1v) is 10.8. The van der Waals surface area contributed by atoms with Gasteiger partial charge in [0.1, 0.15) is 9.84 Å². The van der Waals surface area contributed by atoms with Gasteiger partial charge >= 0.3 is 0 Å². The van der Waals surface area contributed by atoms with Gasteiger partial charge in [0, 0.05) is 37.5 Å². The molecule has 0 bridgehead atoms. The van der Waals surface area contributed by atoms with E-state index in [1.54, 1.807) is 6.07 Å². The molecule has 9 heteroatoms. The van der Waals surface area contributed by atoms with Gasteiger partial charge in [-0.15, -0.1) is 0 Å². The molecule has 1 heterocycles. The van der Waals surface area contributed by atoms with Gasteiger partial charge in [-0.3, -0.25) is 9.79 Å². The lowest BCUT2D eigenvalue weighted by Gasteiger charge is -2.17. The first kappa shape index (κ1) is 22.0. The standard InChI is InChI=1S/C17H30N4O4S/c1-5-18-17(21-14(3)8-12-26(4,23)24)20-10-6-9-19-16(22)15-13(2)7-11-25-15/h7,11,14H,5-6,8-10,12H2,1-4H3,(H,19,22)(H2,18,20,21). The average molecular weight is 387 g/mol. The molecule has 0 aromatic carbocycles. The van der Waals surface area contributed by atoms with Crippen LogP contribution in [0.2, 0.25) is 0 Å². The normalized spacial score (nSPS) is 13.3. The Balaban J connectivity index is 2.36. The van der Waals surface area contributed by atoms with Crippen molar-refractivity contribution >= 4 is 21.7 Å². The number of aliphatic imine (C=N–C) groups is 1. The average Bonchev–Trinajstić information content (AvgIpc) is 2.98.